The monoisotopic (exact) mass is 361 g/mol. The Balaban J connectivity index is 1.92. The van der Waals surface area contributed by atoms with Gasteiger partial charge in [-0.15, -0.1) is 0 Å². The molecule has 2 aromatic carbocycles. The highest BCUT2D eigenvalue weighted by atomic mass is 35.5. The van der Waals surface area contributed by atoms with Crippen LogP contribution in [0.25, 0.3) is 0 Å². The fourth-order valence-electron chi connectivity index (χ4n) is 3.26. The maximum Gasteiger partial charge on any atom is 0.273 e. The summed E-state index contributed by atoms with van der Waals surface area (Å²) in [6, 6.07) is 12.7. The lowest BCUT2D eigenvalue weighted by molar-refractivity contribution is -0.385. The van der Waals surface area contributed by atoms with E-state index in [1.807, 2.05) is 24.3 Å². The first-order chi connectivity index (χ1) is 12.1. The van der Waals surface area contributed by atoms with Crippen molar-refractivity contribution in [1.82, 2.24) is 10.2 Å². The van der Waals surface area contributed by atoms with Crippen LogP contribution in [-0.4, -0.2) is 36.6 Å². The first kappa shape index (κ1) is 17.7. The number of nitrogens with one attached hydrogen (secondary N) is 1. The van der Waals surface area contributed by atoms with E-state index in [0.717, 1.165) is 30.9 Å². The fourth-order valence-corrected chi connectivity index (χ4v) is 3.46. The summed E-state index contributed by atoms with van der Waals surface area (Å²) in [5.74, 6) is 0.821. The summed E-state index contributed by atoms with van der Waals surface area (Å²) in [6.07, 6.45) is 0. The SMILES string of the molecule is COc1ccccc1C1CNCCN1Cc1cc(Cl)ccc1[N+](=O)[O-]. The summed E-state index contributed by atoms with van der Waals surface area (Å²) in [6.45, 7) is 2.84. The molecule has 132 valence electrons. The van der Waals surface area contributed by atoms with Crippen molar-refractivity contribution in [3.63, 3.8) is 0 Å². The zero-order valence-corrected chi connectivity index (χ0v) is 14.7. The molecule has 1 saturated heterocycles. The molecular formula is C18H20ClN3O3. The van der Waals surface area contributed by atoms with Crippen molar-refractivity contribution >= 4 is 17.3 Å². The molecule has 1 heterocycles. The lowest BCUT2D eigenvalue weighted by Gasteiger charge is -2.37. The van der Waals surface area contributed by atoms with Crippen LogP contribution < -0.4 is 10.1 Å². The predicted molar refractivity (Wildman–Crippen MR) is 97.1 cm³/mol. The van der Waals surface area contributed by atoms with Crippen molar-refractivity contribution < 1.29 is 9.66 Å². The van der Waals surface area contributed by atoms with Crippen LogP contribution in [0.4, 0.5) is 5.69 Å². The van der Waals surface area contributed by atoms with E-state index >= 15 is 0 Å². The Morgan fingerprint density at radius 2 is 2.16 bits per heavy atom. The van der Waals surface area contributed by atoms with Gasteiger partial charge in [-0.1, -0.05) is 29.8 Å². The quantitative estimate of drug-likeness (QED) is 0.653. The normalized spacial score (nSPS) is 18.1. The first-order valence-electron chi connectivity index (χ1n) is 8.10. The number of nitrogens with zero attached hydrogens (tertiary/aromatic N) is 2. The van der Waals surface area contributed by atoms with Gasteiger partial charge in [-0.2, -0.15) is 0 Å². The molecule has 1 unspecified atom stereocenters. The zero-order valence-electron chi connectivity index (χ0n) is 13.9. The number of halogens is 1. The smallest absolute Gasteiger partial charge is 0.273 e. The molecular weight excluding hydrogens is 342 g/mol. The Bertz CT molecular complexity index is 769. The highest BCUT2D eigenvalue weighted by Crippen LogP contribution is 2.33. The van der Waals surface area contributed by atoms with Crippen molar-refractivity contribution in [2.24, 2.45) is 0 Å². The van der Waals surface area contributed by atoms with Gasteiger partial charge in [0.05, 0.1) is 18.1 Å². The topological polar surface area (TPSA) is 67.6 Å². The Morgan fingerprint density at radius 1 is 1.36 bits per heavy atom. The molecule has 6 nitrogen and oxygen atoms in total. The number of nitro benzene ring substituents is 1. The van der Waals surface area contributed by atoms with Gasteiger partial charge >= 0.3 is 0 Å². The van der Waals surface area contributed by atoms with Gasteiger partial charge in [0.1, 0.15) is 5.75 Å². The molecule has 0 saturated carbocycles. The number of hydrogen-bond donors (Lipinski definition) is 1. The molecule has 0 aromatic heterocycles. The number of ether oxygens (including phenoxy) is 1. The molecule has 0 amide bonds. The third kappa shape index (κ3) is 3.92. The van der Waals surface area contributed by atoms with E-state index in [-0.39, 0.29) is 16.7 Å². The lowest BCUT2D eigenvalue weighted by atomic mass is 10.0. The minimum Gasteiger partial charge on any atom is -0.496 e. The molecule has 1 N–H and O–H groups in total. The summed E-state index contributed by atoms with van der Waals surface area (Å²) < 4.78 is 5.49. The molecule has 0 radical (unpaired) electrons. The maximum atomic E-state index is 11.3. The van der Waals surface area contributed by atoms with Crippen LogP contribution in [0.5, 0.6) is 5.75 Å². The summed E-state index contributed by atoms with van der Waals surface area (Å²) in [4.78, 5) is 13.2. The van der Waals surface area contributed by atoms with E-state index in [9.17, 15) is 10.1 Å². The van der Waals surface area contributed by atoms with E-state index in [1.54, 1.807) is 19.2 Å². The highest BCUT2D eigenvalue weighted by Gasteiger charge is 2.28. The molecule has 1 aliphatic heterocycles. The molecule has 3 rings (SSSR count). The van der Waals surface area contributed by atoms with E-state index < -0.39 is 0 Å². The van der Waals surface area contributed by atoms with Gasteiger partial charge in [-0.25, -0.2) is 0 Å². The number of hydrogen-bond acceptors (Lipinski definition) is 5. The maximum absolute atomic E-state index is 11.3. The van der Waals surface area contributed by atoms with Crippen LogP contribution in [-0.2, 0) is 6.54 Å². The van der Waals surface area contributed by atoms with Crippen LogP contribution in [0.2, 0.25) is 5.02 Å². The average molecular weight is 362 g/mol. The second-order valence-corrected chi connectivity index (χ2v) is 6.40. The molecule has 0 spiro atoms. The molecule has 1 aliphatic rings. The molecule has 7 heteroatoms. The van der Waals surface area contributed by atoms with Gasteiger partial charge in [0, 0.05) is 48.4 Å². The largest absolute Gasteiger partial charge is 0.496 e. The van der Waals surface area contributed by atoms with E-state index in [1.165, 1.54) is 6.07 Å². The number of para-hydroxylation sites is 1. The van der Waals surface area contributed by atoms with Gasteiger partial charge in [-0.05, 0) is 18.2 Å². The highest BCUT2D eigenvalue weighted by molar-refractivity contribution is 6.30. The second-order valence-electron chi connectivity index (χ2n) is 5.96. The molecule has 0 aliphatic carbocycles. The summed E-state index contributed by atoms with van der Waals surface area (Å²) >= 11 is 6.07. The number of piperazine rings is 1. The Labute approximate surface area is 151 Å². The Hall–Kier alpha value is -2.15. The van der Waals surface area contributed by atoms with Crippen molar-refractivity contribution in [2.75, 3.05) is 26.7 Å². The number of methoxy groups -OCH3 is 1. The van der Waals surface area contributed by atoms with Crippen molar-refractivity contribution in [2.45, 2.75) is 12.6 Å². The third-order valence-electron chi connectivity index (χ3n) is 4.46. The van der Waals surface area contributed by atoms with Gasteiger partial charge in [0.15, 0.2) is 0 Å². The Morgan fingerprint density at radius 3 is 2.92 bits per heavy atom. The number of rotatable bonds is 5. The second kappa shape index (κ2) is 7.82. The predicted octanol–water partition coefficient (Wildman–Crippen LogP) is 3.40. The summed E-state index contributed by atoms with van der Waals surface area (Å²) in [7, 11) is 1.65. The van der Waals surface area contributed by atoms with E-state index in [2.05, 4.69) is 10.2 Å². The van der Waals surface area contributed by atoms with Gasteiger partial charge in [0.25, 0.3) is 5.69 Å². The van der Waals surface area contributed by atoms with Gasteiger partial charge in [-0.3, -0.25) is 15.0 Å². The van der Waals surface area contributed by atoms with Crippen LogP contribution >= 0.6 is 11.6 Å². The van der Waals surface area contributed by atoms with Crippen LogP contribution in [0, 0.1) is 10.1 Å². The van der Waals surface area contributed by atoms with E-state index in [0.29, 0.717) is 17.1 Å². The summed E-state index contributed by atoms with van der Waals surface area (Å²) in [5.41, 5.74) is 1.79. The molecule has 1 fully saturated rings. The van der Waals surface area contributed by atoms with Crippen molar-refractivity contribution in [3.8, 4) is 5.75 Å². The zero-order chi connectivity index (χ0) is 17.8. The van der Waals surface area contributed by atoms with E-state index in [4.69, 9.17) is 16.3 Å². The van der Waals surface area contributed by atoms with Crippen LogP contribution in [0.3, 0.4) is 0 Å². The Kier molecular flexibility index (Phi) is 5.53. The molecule has 1 atom stereocenters. The van der Waals surface area contributed by atoms with Crippen molar-refractivity contribution in [1.29, 1.82) is 0 Å². The molecule has 2 aromatic rings. The minimum absolute atomic E-state index is 0.0727. The van der Waals surface area contributed by atoms with Gasteiger partial charge < -0.3 is 10.1 Å². The van der Waals surface area contributed by atoms with Crippen LogP contribution in [0.15, 0.2) is 42.5 Å². The standard InChI is InChI=1S/C18H20ClN3O3/c1-25-18-5-3-2-4-15(18)17-11-20-8-9-21(17)12-13-10-14(19)6-7-16(13)22(23)24/h2-7,10,17,20H,8-9,11-12H2,1H3. The number of nitro groups is 1. The summed E-state index contributed by atoms with van der Waals surface area (Å²) in [5, 5.41) is 15.2. The minimum atomic E-state index is -0.355. The fraction of sp³-hybridized carbons (Fsp3) is 0.333. The van der Waals surface area contributed by atoms with Gasteiger partial charge in [0.2, 0.25) is 0 Å². The third-order valence-corrected chi connectivity index (χ3v) is 4.70. The average Bonchev–Trinajstić information content (AvgIpc) is 2.62. The molecule has 25 heavy (non-hydrogen) atoms. The van der Waals surface area contributed by atoms with Crippen molar-refractivity contribution in [3.05, 3.63) is 68.7 Å². The molecule has 0 bridgehead atoms. The number of benzene rings is 2. The van der Waals surface area contributed by atoms with Crippen LogP contribution in [0.1, 0.15) is 17.2 Å². The first-order valence-corrected chi connectivity index (χ1v) is 8.48. The lowest BCUT2D eigenvalue weighted by Crippen LogP contribution is -2.45.